The van der Waals surface area contributed by atoms with E-state index < -0.39 is 11.9 Å². The highest BCUT2D eigenvalue weighted by molar-refractivity contribution is 8.01. The van der Waals surface area contributed by atoms with Crippen LogP contribution in [-0.2, 0) is 9.59 Å². The summed E-state index contributed by atoms with van der Waals surface area (Å²) in [4.78, 5) is 37.2. The molecule has 0 radical (unpaired) electrons. The number of urea groups is 1. The molecule has 1 heterocycles. The van der Waals surface area contributed by atoms with Gasteiger partial charge in [-0.3, -0.25) is 19.8 Å². The van der Waals surface area contributed by atoms with Crippen molar-refractivity contribution in [1.29, 1.82) is 0 Å². The Morgan fingerprint density at radius 1 is 1.31 bits per heavy atom. The molecular weight excluding hydrogens is 374 g/mol. The topological polar surface area (TPSA) is 104 Å². The first-order valence-electron chi connectivity index (χ1n) is 8.76. The van der Waals surface area contributed by atoms with Crippen LogP contribution in [0.5, 0.6) is 0 Å². The predicted octanol–water partition coefficient (Wildman–Crippen LogP) is 2.41. The van der Waals surface area contributed by atoms with Crippen LogP contribution >= 0.6 is 23.1 Å². The molecule has 1 fully saturated rings. The molecule has 2 N–H and O–H groups in total. The van der Waals surface area contributed by atoms with E-state index in [0.29, 0.717) is 28.4 Å². The van der Waals surface area contributed by atoms with Gasteiger partial charge >= 0.3 is 6.03 Å². The monoisotopic (exact) mass is 399 g/mol. The number of imide groups is 1. The fraction of sp³-hybridized carbons (Fsp3) is 0.688. The molecule has 1 aromatic heterocycles. The Balaban J connectivity index is 1.77. The predicted molar refractivity (Wildman–Crippen MR) is 102 cm³/mol. The van der Waals surface area contributed by atoms with Gasteiger partial charge in [-0.25, -0.2) is 4.79 Å². The lowest BCUT2D eigenvalue weighted by Crippen LogP contribution is -2.40. The van der Waals surface area contributed by atoms with Crippen molar-refractivity contribution in [3.63, 3.8) is 0 Å². The van der Waals surface area contributed by atoms with Gasteiger partial charge < -0.3 is 5.32 Å². The normalized spacial score (nSPS) is 13.5. The van der Waals surface area contributed by atoms with E-state index in [1.807, 2.05) is 6.92 Å². The van der Waals surface area contributed by atoms with E-state index in [4.69, 9.17) is 0 Å². The number of anilines is 1. The maximum atomic E-state index is 12.1. The molecule has 4 amide bonds. The van der Waals surface area contributed by atoms with Crippen LogP contribution in [0.25, 0.3) is 0 Å². The van der Waals surface area contributed by atoms with Crippen LogP contribution in [0.15, 0.2) is 4.34 Å². The van der Waals surface area contributed by atoms with E-state index in [9.17, 15) is 14.4 Å². The van der Waals surface area contributed by atoms with Crippen molar-refractivity contribution >= 4 is 46.1 Å². The lowest BCUT2D eigenvalue weighted by atomic mass is 10.1. The molecule has 1 saturated carbocycles. The van der Waals surface area contributed by atoms with E-state index in [0.717, 1.165) is 19.3 Å². The molecule has 1 aliphatic carbocycles. The van der Waals surface area contributed by atoms with E-state index in [2.05, 4.69) is 34.7 Å². The van der Waals surface area contributed by atoms with Crippen molar-refractivity contribution in [2.75, 3.05) is 17.2 Å². The summed E-state index contributed by atoms with van der Waals surface area (Å²) in [5.74, 6) is 0.202. The lowest BCUT2D eigenvalue weighted by molar-refractivity contribution is -0.118. The van der Waals surface area contributed by atoms with Gasteiger partial charge in [0.15, 0.2) is 4.34 Å². The molecule has 0 saturated heterocycles. The van der Waals surface area contributed by atoms with Crippen molar-refractivity contribution in [2.24, 2.45) is 5.92 Å². The molecule has 144 valence electrons. The third-order valence-electron chi connectivity index (χ3n) is 3.67. The van der Waals surface area contributed by atoms with Gasteiger partial charge in [0.1, 0.15) is 0 Å². The Bertz CT molecular complexity index is 646. The highest BCUT2D eigenvalue weighted by Crippen LogP contribution is 2.36. The van der Waals surface area contributed by atoms with Gasteiger partial charge in [0.25, 0.3) is 0 Å². The average Bonchev–Trinajstić information content (AvgIpc) is 3.30. The summed E-state index contributed by atoms with van der Waals surface area (Å²) in [7, 11) is 0. The summed E-state index contributed by atoms with van der Waals surface area (Å²) in [6.07, 6.45) is 3.26. The van der Waals surface area contributed by atoms with Gasteiger partial charge in [0.2, 0.25) is 16.9 Å². The molecular formula is C16H25N5O3S2. The first-order chi connectivity index (χ1) is 12.4. The number of nitrogens with one attached hydrogen (secondary N) is 2. The summed E-state index contributed by atoms with van der Waals surface area (Å²) in [5, 5.41) is 13.6. The van der Waals surface area contributed by atoms with Crippen LogP contribution in [0.3, 0.4) is 0 Å². The third kappa shape index (κ3) is 6.56. The van der Waals surface area contributed by atoms with E-state index in [1.54, 1.807) is 4.90 Å². The summed E-state index contributed by atoms with van der Waals surface area (Å²) in [6, 6.07) is -0.256. The molecule has 0 aromatic carbocycles. The molecule has 26 heavy (non-hydrogen) atoms. The fourth-order valence-electron chi connectivity index (χ4n) is 2.14. The zero-order valence-electron chi connectivity index (χ0n) is 15.3. The van der Waals surface area contributed by atoms with Crippen LogP contribution in [0.4, 0.5) is 9.93 Å². The second kappa shape index (κ2) is 9.86. The maximum absolute atomic E-state index is 12.1. The van der Waals surface area contributed by atoms with Gasteiger partial charge in [-0.05, 0) is 25.2 Å². The molecule has 1 aromatic rings. The van der Waals surface area contributed by atoms with Crippen molar-refractivity contribution in [1.82, 2.24) is 20.8 Å². The molecule has 1 aliphatic rings. The van der Waals surface area contributed by atoms with Gasteiger partial charge in [-0.2, -0.15) is 0 Å². The molecule has 0 atom stereocenters. The Labute approximate surface area is 161 Å². The lowest BCUT2D eigenvalue weighted by Gasteiger charge is -2.17. The van der Waals surface area contributed by atoms with Gasteiger partial charge in [0.05, 0.1) is 5.75 Å². The van der Waals surface area contributed by atoms with Crippen LogP contribution in [0, 0.1) is 5.92 Å². The highest BCUT2D eigenvalue weighted by atomic mass is 32.2. The summed E-state index contributed by atoms with van der Waals surface area (Å²) in [5.41, 5.74) is 0. The zero-order valence-corrected chi connectivity index (χ0v) is 16.9. The number of carbonyl (C=O) groups excluding carboxylic acids is 3. The van der Waals surface area contributed by atoms with Crippen molar-refractivity contribution in [3.8, 4) is 0 Å². The van der Waals surface area contributed by atoms with E-state index >= 15 is 0 Å². The third-order valence-corrected chi connectivity index (χ3v) is 5.73. The number of nitrogens with zero attached hydrogens (tertiary/aromatic N) is 3. The number of rotatable bonds is 9. The number of amides is 4. The van der Waals surface area contributed by atoms with Crippen LogP contribution in [0.2, 0.25) is 0 Å². The van der Waals surface area contributed by atoms with Crippen molar-refractivity contribution in [3.05, 3.63) is 0 Å². The van der Waals surface area contributed by atoms with Gasteiger partial charge in [-0.15, -0.1) is 10.2 Å². The minimum absolute atomic E-state index is 0.0380. The van der Waals surface area contributed by atoms with Crippen LogP contribution in [0.1, 0.15) is 46.5 Å². The Hall–Kier alpha value is -1.68. The van der Waals surface area contributed by atoms with Crippen molar-refractivity contribution < 1.29 is 14.4 Å². The van der Waals surface area contributed by atoms with Crippen LogP contribution in [-0.4, -0.2) is 46.4 Å². The fourth-order valence-corrected chi connectivity index (χ4v) is 3.87. The quantitative estimate of drug-likeness (QED) is 0.488. The smallest absolute Gasteiger partial charge is 0.321 e. The number of thioether (sulfide) groups is 1. The molecule has 0 spiro atoms. The molecule has 2 rings (SSSR count). The Morgan fingerprint density at radius 2 is 2.04 bits per heavy atom. The summed E-state index contributed by atoms with van der Waals surface area (Å²) < 4.78 is 0.602. The molecule has 0 aliphatic heterocycles. The van der Waals surface area contributed by atoms with E-state index in [1.165, 1.54) is 23.1 Å². The molecule has 0 unspecified atom stereocenters. The van der Waals surface area contributed by atoms with Gasteiger partial charge in [-0.1, -0.05) is 43.9 Å². The van der Waals surface area contributed by atoms with E-state index in [-0.39, 0.29) is 17.7 Å². The SMILES string of the molecule is CCC(=O)N(c1nnc(SCC(=O)NC(=O)NCCC(C)C)s1)C1CC1. The molecule has 0 bridgehead atoms. The Morgan fingerprint density at radius 3 is 2.65 bits per heavy atom. The zero-order chi connectivity index (χ0) is 19.1. The summed E-state index contributed by atoms with van der Waals surface area (Å²) in [6.45, 7) is 6.49. The highest BCUT2D eigenvalue weighted by Gasteiger charge is 2.35. The number of carbonyl (C=O) groups is 3. The first-order valence-corrected chi connectivity index (χ1v) is 10.6. The number of hydrogen-bond donors (Lipinski definition) is 2. The molecule has 8 nitrogen and oxygen atoms in total. The second-order valence-electron chi connectivity index (χ2n) is 6.47. The maximum Gasteiger partial charge on any atom is 0.321 e. The average molecular weight is 400 g/mol. The first kappa shape index (κ1) is 20.6. The Kier molecular flexibility index (Phi) is 7.83. The second-order valence-corrected chi connectivity index (χ2v) is 8.65. The van der Waals surface area contributed by atoms with Gasteiger partial charge in [0, 0.05) is 19.0 Å². The standard InChI is InChI=1S/C16H25N5O3S2/c1-4-13(23)21(11-5-6-11)15-19-20-16(26-15)25-9-12(22)18-14(24)17-8-7-10(2)3/h10-11H,4-9H2,1-3H3,(H2,17,18,22,24). The van der Waals surface area contributed by atoms with Crippen molar-refractivity contribution in [2.45, 2.75) is 56.8 Å². The number of hydrogen-bond acceptors (Lipinski definition) is 7. The minimum atomic E-state index is -0.484. The molecule has 10 heteroatoms. The number of aromatic nitrogens is 2. The summed E-state index contributed by atoms with van der Waals surface area (Å²) >= 11 is 2.50. The minimum Gasteiger partial charge on any atom is -0.338 e. The van der Waals surface area contributed by atoms with Crippen LogP contribution < -0.4 is 15.5 Å². The largest absolute Gasteiger partial charge is 0.338 e.